The van der Waals surface area contributed by atoms with Crippen LogP contribution in [0.15, 0.2) is 55.1 Å². The summed E-state index contributed by atoms with van der Waals surface area (Å²) in [5.41, 5.74) is 7.05. The number of hydrogen-bond donors (Lipinski definition) is 3. The Bertz CT molecular complexity index is 1330. The Morgan fingerprint density at radius 3 is 2.63 bits per heavy atom. The van der Waals surface area contributed by atoms with E-state index in [0.29, 0.717) is 5.92 Å². The normalized spacial score (nSPS) is 15.2. The second-order valence-electron chi connectivity index (χ2n) is 7.79. The van der Waals surface area contributed by atoms with Gasteiger partial charge in [0.25, 0.3) is 0 Å². The molecule has 3 N–H and O–H groups in total. The number of rotatable bonds is 3. The first kappa shape index (κ1) is 17.3. The largest absolute Gasteiger partial charge is 0.338 e. The molecule has 7 heteroatoms. The maximum atomic E-state index is 4.71. The number of H-pyrrole nitrogens is 2. The first-order chi connectivity index (χ1) is 14.9. The molecule has 0 aromatic carbocycles. The van der Waals surface area contributed by atoms with Gasteiger partial charge in [-0.15, -0.1) is 0 Å². The monoisotopic (exact) mass is 395 g/mol. The highest BCUT2D eigenvalue weighted by Gasteiger charge is 2.19. The maximum Gasteiger partial charge on any atom is 0.138 e. The van der Waals surface area contributed by atoms with Crippen molar-refractivity contribution in [2.45, 2.75) is 18.8 Å². The number of piperidine rings is 1. The number of pyridine rings is 3. The molecule has 1 aliphatic rings. The number of aromatic nitrogens is 6. The number of nitrogens with zero attached hydrogens (tertiary/aromatic N) is 4. The minimum Gasteiger partial charge on any atom is -0.338 e. The van der Waals surface area contributed by atoms with Gasteiger partial charge >= 0.3 is 0 Å². The highest BCUT2D eigenvalue weighted by Crippen LogP contribution is 2.34. The lowest BCUT2D eigenvalue weighted by atomic mass is 9.93. The molecule has 0 aliphatic carbocycles. The van der Waals surface area contributed by atoms with E-state index in [2.05, 4.69) is 42.6 Å². The molecule has 0 amide bonds. The molecule has 0 radical (unpaired) electrons. The van der Waals surface area contributed by atoms with Crippen LogP contribution < -0.4 is 5.32 Å². The Morgan fingerprint density at radius 2 is 1.77 bits per heavy atom. The van der Waals surface area contributed by atoms with Crippen LogP contribution in [0.5, 0.6) is 0 Å². The molecule has 148 valence electrons. The quantitative estimate of drug-likeness (QED) is 0.429. The van der Waals surface area contributed by atoms with Gasteiger partial charge < -0.3 is 10.3 Å². The zero-order valence-corrected chi connectivity index (χ0v) is 16.4. The van der Waals surface area contributed by atoms with Crippen molar-refractivity contribution in [2.24, 2.45) is 0 Å². The average Bonchev–Trinajstić information content (AvgIpc) is 3.43. The summed E-state index contributed by atoms with van der Waals surface area (Å²) in [4.78, 5) is 16.8. The van der Waals surface area contributed by atoms with Gasteiger partial charge in [-0.1, -0.05) is 0 Å². The number of aromatic amines is 2. The lowest BCUT2D eigenvalue weighted by Gasteiger charge is -2.22. The fraction of sp³-hybridized carbons (Fsp3) is 0.217. The second kappa shape index (κ2) is 7.03. The third kappa shape index (κ3) is 2.86. The fourth-order valence-corrected chi connectivity index (χ4v) is 4.42. The summed E-state index contributed by atoms with van der Waals surface area (Å²) < 4.78 is 0. The topological polar surface area (TPSA) is 95.2 Å². The predicted molar refractivity (Wildman–Crippen MR) is 117 cm³/mol. The summed E-state index contributed by atoms with van der Waals surface area (Å²) in [6, 6.07) is 10.4. The molecule has 0 bridgehead atoms. The average molecular weight is 395 g/mol. The molecule has 0 atom stereocenters. The number of hydrogen-bond acceptors (Lipinski definition) is 5. The molecular weight excluding hydrogens is 374 g/mol. The van der Waals surface area contributed by atoms with Gasteiger partial charge in [-0.3, -0.25) is 15.1 Å². The zero-order chi connectivity index (χ0) is 19.9. The van der Waals surface area contributed by atoms with Crippen LogP contribution in [0.2, 0.25) is 0 Å². The van der Waals surface area contributed by atoms with Gasteiger partial charge in [0, 0.05) is 41.0 Å². The van der Waals surface area contributed by atoms with Crippen molar-refractivity contribution in [2.75, 3.05) is 13.1 Å². The fourth-order valence-electron chi connectivity index (χ4n) is 4.42. The Hall–Kier alpha value is -3.58. The van der Waals surface area contributed by atoms with Gasteiger partial charge in [-0.2, -0.15) is 5.10 Å². The summed E-state index contributed by atoms with van der Waals surface area (Å²) in [5.74, 6) is 0.501. The van der Waals surface area contributed by atoms with Gasteiger partial charge in [-0.05, 0) is 67.4 Å². The SMILES string of the molecule is c1cc(-c2ccnc3[nH]c(-c4n[nH]c5cnc(C6CCNCC6)cc45)cc23)ccn1. The van der Waals surface area contributed by atoms with E-state index in [1.807, 2.05) is 43.0 Å². The Morgan fingerprint density at radius 1 is 0.900 bits per heavy atom. The smallest absolute Gasteiger partial charge is 0.138 e. The van der Waals surface area contributed by atoms with Crippen LogP contribution >= 0.6 is 0 Å². The van der Waals surface area contributed by atoms with Crippen molar-refractivity contribution in [1.29, 1.82) is 0 Å². The van der Waals surface area contributed by atoms with Gasteiger partial charge in [0.2, 0.25) is 0 Å². The first-order valence-electron chi connectivity index (χ1n) is 10.3. The minimum absolute atomic E-state index is 0.501. The summed E-state index contributed by atoms with van der Waals surface area (Å²) in [7, 11) is 0. The van der Waals surface area contributed by atoms with Crippen molar-refractivity contribution < 1.29 is 0 Å². The van der Waals surface area contributed by atoms with Crippen molar-refractivity contribution >= 4 is 21.9 Å². The molecule has 5 aromatic rings. The van der Waals surface area contributed by atoms with E-state index in [4.69, 9.17) is 4.98 Å². The van der Waals surface area contributed by atoms with E-state index in [-0.39, 0.29) is 0 Å². The molecule has 1 fully saturated rings. The summed E-state index contributed by atoms with van der Waals surface area (Å²) in [5, 5.41) is 13.3. The molecule has 30 heavy (non-hydrogen) atoms. The molecule has 1 aliphatic heterocycles. The van der Waals surface area contributed by atoms with E-state index in [1.165, 1.54) is 0 Å². The van der Waals surface area contributed by atoms with Crippen LogP contribution in [0.25, 0.3) is 44.5 Å². The van der Waals surface area contributed by atoms with Crippen LogP contribution in [0.4, 0.5) is 0 Å². The molecule has 0 unspecified atom stereocenters. The van der Waals surface area contributed by atoms with E-state index in [9.17, 15) is 0 Å². The van der Waals surface area contributed by atoms with Crippen LogP contribution in [-0.4, -0.2) is 43.2 Å². The van der Waals surface area contributed by atoms with Gasteiger partial charge in [0.15, 0.2) is 0 Å². The third-order valence-corrected chi connectivity index (χ3v) is 6.00. The van der Waals surface area contributed by atoms with Crippen molar-refractivity contribution in [1.82, 2.24) is 35.5 Å². The van der Waals surface area contributed by atoms with E-state index in [0.717, 1.165) is 76.1 Å². The summed E-state index contributed by atoms with van der Waals surface area (Å²) >= 11 is 0. The van der Waals surface area contributed by atoms with Crippen LogP contribution in [0.3, 0.4) is 0 Å². The molecule has 7 nitrogen and oxygen atoms in total. The Kier molecular flexibility index (Phi) is 4.06. The number of nitrogens with one attached hydrogen (secondary N) is 3. The molecule has 6 heterocycles. The minimum atomic E-state index is 0.501. The van der Waals surface area contributed by atoms with Crippen LogP contribution in [0, 0.1) is 0 Å². The van der Waals surface area contributed by atoms with Crippen LogP contribution in [0.1, 0.15) is 24.5 Å². The molecule has 5 aromatic heterocycles. The zero-order valence-electron chi connectivity index (χ0n) is 16.4. The number of fused-ring (bicyclic) bond motifs is 2. The highest BCUT2D eigenvalue weighted by atomic mass is 15.1. The molecule has 6 rings (SSSR count). The molecule has 1 saturated heterocycles. The first-order valence-corrected chi connectivity index (χ1v) is 10.3. The summed E-state index contributed by atoms with van der Waals surface area (Å²) in [6.07, 6.45) is 9.61. The van der Waals surface area contributed by atoms with Crippen molar-refractivity contribution in [3.8, 4) is 22.5 Å². The molecule has 0 spiro atoms. The second-order valence-corrected chi connectivity index (χ2v) is 7.79. The van der Waals surface area contributed by atoms with E-state index in [1.54, 1.807) is 0 Å². The third-order valence-electron chi connectivity index (χ3n) is 6.00. The van der Waals surface area contributed by atoms with Gasteiger partial charge in [0.05, 0.1) is 17.4 Å². The molecular formula is C23H21N7. The van der Waals surface area contributed by atoms with E-state index >= 15 is 0 Å². The van der Waals surface area contributed by atoms with Crippen LogP contribution in [-0.2, 0) is 0 Å². The maximum absolute atomic E-state index is 4.71. The lowest BCUT2D eigenvalue weighted by molar-refractivity contribution is 0.453. The van der Waals surface area contributed by atoms with Crippen molar-refractivity contribution in [3.05, 3.63) is 60.8 Å². The van der Waals surface area contributed by atoms with Gasteiger partial charge in [-0.25, -0.2) is 4.98 Å². The standard InChI is InChI=1S/C23H21N7/c1-6-24-7-2-14(1)16-5-10-26-23-17(16)11-20(28-23)22-18-12-19(15-3-8-25-9-4-15)27-13-21(18)29-30-22/h1-2,5-7,10-13,15,25H,3-4,8-9H2,(H,26,28)(H,29,30). The Balaban J connectivity index is 1.47. The van der Waals surface area contributed by atoms with E-state index < -0.39 is 0 Å². The van der Waals surface area contributed by atoms with Crippen molar-refractivity contribution in [3.63, 3.8) is 0 Å². The Labute approximate surface area is 173 Å². The lowest BCUT2D eigenvalue weighted by Crippen LogP contribution is -2.27. The van der Waals surface area contributed by atoms with Gasteiger partial charge in [0.1, 0.15) is 11.3 Å². The predicted octanol–water partition coefficient (Wildman–Crippen LogP) is 4.03. The molecule has 0 saturated carbocycles. The highest BCUT2D eigenvalue weighted by molar-refractivity contribution is 5.99. The summed E-state index contributed by atoms with van der Waals surface area (Å²) in [6.45, 7) is 2.10.